The molecule has 1 N–H and O–H groups in total. The van der Waals surface area contributed by atoms with E-state index >= 15 is 0 Å². The molecule has 0 radical (unpaired) electrons. The first-order valence-corrected chi connectivity index (χ1v) is 10.5. The van der Waals surface area contributed by atoms with Gasteiger partial charge in [-0.3, -0.25) is 0 Å². The van der Waals surface area contributed by atoms with Crippen LogP contribution in [0.5, 0.6) is 5.75 Å². The number of carbonyl (C=O) groups excluding carboxylic acids is 1. The lowest BCUT2D eigenvalue weighted by molar-refractivity contribution is 0.0636. The summed E-state index contributed by atoms with van der Waals surface area (Å²) in [5.41, 5.74) is 0.980. The van der Waals surface area contributed by atoms with Crippen LogP contribution in [0.3, 0.4) is 0 Å². The highest BCUT2D eigenvalue weighted by Crippen LogP contribution is 2.21. The molecule has 0 bridgehead atoms. The fourth-order valence-corrected chi connectivity index (χ4v) is 3.76. The van der Waals surface area contributed by atoms with Crippen LogP contribution in [0, 0.1) is 0 Å². The summed E-state index contributed by atoms with van der Waals surface area (Å²) < 4.78 is 11.4. The van der Waals surface area contributed by atoms with Crippen LogP contribution < -0.4 is 9.64 Å². The number of hydrogen-bond donors (Lipinski definition) is 1. The lowest BCUT2D eigenvalue weighted by Crippen LogP contribution is -2.42. The molecule has 2 aliphatic rings. The Bertz CT molecular complexity index is 802. The average molecular weight is 412 g/mol. The highest BCUT2D eigenvalue weighted by molar-refractivity contribution is 5.67. The van der Waals surface area contributed by atoms with Crippen LogP contribution >= 0.6 is 0 Å². The molecular weight excluding hydrogens is 384 g/mol. The quantitative estimate of drug-likeness (QED) is 0.808. The number of rotatable bonds is 5. The summed E-state index contributed by atoms with van der Waals surface area (Å²) in [6.07, 6.45) is 5.91. The van der Waals surface area contributed by atoms with Gasteiger partial charge in [0.15, 0.2) is 5.75 Å². The minimum absolute atomic E-state index is 0.0303. The van der Waals surface area contributed by atoms with Crippen LogP contribution in [0.2, 0.25) is 0 Å². The molecule has 160 valence electrons. The number of anilines is 1. The van der Waals surface area contributed by atoms with Crippen molar-refractivity contribution in [1.82, 2.24) is 14.9 Å². The van der Waals surface area contributed by atoms with Gasteiger partial charge in [0, 0.05) is 39.0 Å². The van der Waals surface area contributed by atoms with Crippen molar-refractivity contribution in [3.8, 4) is 5.75 Å². The summed E-state index contributed by atoms with van der Waals surface area (Å²) >= 11 is 0. The number of nitrogens with zero attached hydrogens (tertiary/aromatic N) is 4. The Morgan fingerprint density at radius 3 is 2.33 bits per heavy atom. The van der Waals surface area contributed by atoms with Crippen LogP contribution in [0.25, 0.3) is 0 Å². The van der Waals surface area contributed by atoms with Crippen LogP contribution in [0.4, 0.5) is 10.7 Å². The number of benzene rings is 1. The normalized spacial score (nSPS) is 18.3. The molecule has 2 fully saturated rings. The van der Waals surface area contributed by atoms with Gasteiger partial charge in [0.1, 0.15) is 12.7 Å². The third-order valence-corrected chi connectivity index (χ3v) is 5.57. The molecule has 0 atom stereocenters. The topological polar surface area (TPSA) is 88.0 Å². The molecule has 1 aromatic heterocycles. The zero-order valence-electron chi connectivity index (χ0n) is 17.0. The standard InChI is InChI=1S/C22H28N4O4/c27-18-6-10-25(11-7-18)21-23-14-20(15-24-21)30-19-8-12-26(13-9-19)22(28)29-16-17-4-2-1-3-5-17/h1-5,14-15,18-19,27H,6-13,16H2. The average Bonchev–Trinajstić information content (AvgIpc) is 2.80. The van der Waals surface area contributed by atoms with Gasteiger partial charge in [0.05, 0.1) is 18.5 Å². The third-order valence-electron chi connectivity index (χ3n) is 5.57. The molecule has 0 saturated carbocycles. The van der Waals surface area contributed by atoms with Gasteiger partial charge in [-0.25, -0.2) is 14.8 Å². The minimum Gasteiger partial charge on any atom is -0.487 e. The van der Waals surface area contributed by atoms with E-state index in [9.17, 15) is 9.90 Å². The summed E-state index contributed by atoms with van der Waals surface area (Å²) in [7, 11) is 0. The fraction of sp³-hybridized carbons (Fsp3) is 0.500. The highest BCUT2D eigenvalue weighted by atomic mass is 16.6. The Morgan fingerprint density at radius 2 is 1.67 bits per heavy atom. The van der Waals surface area contributed by atoms with Gasteiger partial charge in [-0.2, -0.15) is 0 Å². The summed E-state index contributed by atoms with van der Waals surface area (Å²) in [6.45, 7) is 3.02. The molecule has 0 aliphatic carbocycles. The molecule has 0 spiro atoms. The van der Waals surface area contributed by atoms with E-state index < -0.39 is 0 Å². The van der Waals surface area contributed by atoms with Gasteiger partial charge in [-0.05, 0) is 18.4 Å². The zero-order valence-corrected chi connectivity index (χ0v) is 17.0. The number of carbonyl (C=O) groups is 1. The second-order valence-electron chi connectivity index (χ2n) is 7.78. The van der Waals surface area contributed by atoms with E-state index in [1.54, 1.807) is 17.3 Å². The van der Waals surface area contributed by atoms with Crippen LogP contribution in [0.1, 0.15) is 31.2 Å². The van der Waals surface area contributed by atoms with Gasteiger partial charge >= 0.3 is 6.09 Å². The number of piperidine rings is 2. The maximum atomic E-state index is 12.3. The van der Waals surface area contributed by atoms with Crippen LogP contribution in [-0.4, -0.2) is 64.5 Å². The molecule has 4 rings (SSSR count). The summed E-state index contributed by atoms with van der Waals surface area (Å²) in [5.74, 6) is 1.31. The fourth-order valence-electron chi connectivity index (χ4n) is 3.76. The van der Waals surface area contributed by atoms with Gasteiger partial charge in [0.2, 0.25) is 5.95 Å². The molecule has 2 aliphatic heterocycles. The van der Waals surface area contributed by atoms with E-state index in [-0.39, 0.29) is 24.9 Å². The summed E-state index contributed by atoms with van der Waals surface area (Å²) in [6, 6.07) is 9.68. The Balaban J connectivity index is 1.20. The van der Waals surface area contributed by atoms with E-state index in [4.69, 9.17) is 9.47 Å². The van der Waals surface area contributed by atoms with Gasteiger partial charge in [-0.1, -0.05) is 30.3 Å². The van der Waals surface area contributed by atoms with Crippen molar-refractivity contribution in [2.45, 2.75) is 44.5 Å². The Labute approximate surface area is 176 Å². The number of hydrogen-bond acceptors (Lipinski definition) is 7. The molecule has 0 unspecified atom stereocenters. The number of aliphatic hydroxyl groups excluding tert-OH is 1. The van der Waals surface area contributed by atoms with E-state index in [2.05, 4.69) is 14.9 Å². The largest absolute Gasteiger partial charge is 0.487 e. The van der Waals surface area contributed by atoms with Crippen molar-refractivity contribution in [3.05, 3.63) is 48.3 Å². The van der Waals surface area contributed by atoms with Crippen LogP contribution in [-0.2, 0) is 11.3 Å². The number of likely N-dealkylation sites (tertiary alicyclic amines) is 1. The minimum atomic E-state index is -0.281. The molecule has 1 amide bonds. The van der Waals surface area contributed by atoms with E-state index in [1.165, 1.54) is 0 Å². The first-order chi connectivity index (χ1) is 14.7. The highest BCUT2D eigenvalue weighted by Gasteiger charge is 2.25. The van der Waals surface area contributed by atoms with Crippen molar-refractivity contribution in [1.29, 1.82) is 0 Å². The molecule has 2 saturated heterocycles. The van der Waals surface area contributed by atoms with Gasteiger partial charge in [0.25, 0.3) is 0 Å². The Hall–Kier alpha value is -2.87. The lowest BCUT2D eigenvalue weighted by Gasteiger charge is -2.31. The number of amides is 1. The van der Waals surface area contributed by atoms with Gasteiger partial charge < -0.3 is 24.4 Å². The van der Waals surface area contributed by atoms with E-state index in [0.29, 0.717) is 24.8 Å². The molecule has 1 aromatic carbocycles. The van der Waals surface area contributed by atoms with Crippen LogP contribution in [0.15, 0.2) is 42.7 Å². The van der Waals surface area contributed by atoms with E-state index in [0.717, 1.165) is 44.3 Å². The summed E-state index contributed by atoms with van der Waals surface area (Å²) in [4.78, 5) is 24.9. The molecule has 8 nitrogen and oxygen atoms in total. The van der Waals surface area contributed by atoms with Crippen molar-refractivity contribution in [3.63, 3.8) is 0 Å². The Kier molecular flexibility index (Phi) is 6.63. The molecule has 8 heteroatoms. The summed E-state index contributed by atoms with van der Waals surface area (Å²) in [5, 5.41) is 9.62. The second-order valence-corrected chi connectivity index (χ2v) is 7.78. The number of aliphatic hydroxyl groups is 1. The zero-order chi connectivity index (χ0) is 20.8. The van der Waals surface area contributed by atoms with Gasteiger partial charge in [-0.15, -0.1) is 0 Å². The van der Waals surface area contributed by atoms with Crippen molar-refractivity contribution >= 4 is 12.0 Å². The SMILES string of the molecule is O=C(OCc1ccccc1)N1CCC(Oc2cnc(N3CCC(O)CC3)nc2)CC1. The smallest absolute Gasteiger partial charge is 0.410 e. The van der Waals surface area contributed by atoms with Crippen molar-refractivity contribution < 1.29 is 19.4 Å². The maximum absolute atomic E-state index is 12.3. The molecule has 30 heavy (non-hydrogen) atoms. The molecule has 2 aromatic rings. The van der Waals surface area contributed by atoms with Crippen molar-refractivity contribution in [2.24, 2.45) is 0 Å². The maximum Gasteiger partial charge on any atom is 0.410 e. The predicted octanol–water partition coefficient (Wildman–Crippen LogP) is 2.62. The Morgan fingerprint density at radius 1 is 1.00 bits per heavy atom. The van der Waals surface area contributed by atoms with E-state index in [1.807, 2.05) is 30.3 Å². The molecular formula is C22H28N4O4. The first kappa shape index (κ1) is 20.4. The number of ether oxygens (including phenoxy) is 2. The number of aromatic nitrogens is 2. The monoisotopic (exact) mass is 412 g/mol. The third kappa shape index (κ3) is 5.38. The predicted molar refractivity (Wildman–Crippen MR) is 111 cm³/mol. The second kappa shape index (κ2) is 9.75. The lowest BCUT2D eigenvalue weighted by atomic mass is 10.1. The first-order valence-electron chi connectivity index (χ1n) is 10.5. The van der Waals surface area contributed by atoms with Crippen molar-refractivity contribution in [2.75, 3.05) is 31.1 Å². The molecule has 3 heterocycles.